The Morgan fingerprint density at radius 1 is 1.62 bits per heavy atom. The zero-order valence-electron chi connectivity index (χ0n) is 8.86. The van der Waals surface area contributed by atoms with Crippen molar-refractivity contribution >= 4 is 5.97 Å². The number of benzene rings is 1. The van der Waals surface area contributed by atoms with Crippen LogP contribution in [0, 0.1) is 11.3 Å². The molecule has 0 spiro atoms. The molecule has 3 N–H and O–H groups in total. The van der Waals surface area contributed by atoms with Crippen molar-refractivity contribution in [2.75, 3.05) is 7.11 Å². The highest BCUT2D eigenvalue weighted by Crippen LogP contribution is 2.24. The molecule has 0 saturated heterocycles. The van der Waals surface area contributed by atoms with E-state index in [1.807, 2.05) is 6.07 Å². The fourth-order valence-corrected chi connectivity index (χ4v) is 1.41. The summed E-state index contributed by atoms with van der Waals surface area (Å²) in [6, 6.07) is 4.87. The van der Waals surface area contributed by atoms with Gasteiger partial charge in [-0.3, -0.25) is 4.79 Å². The Balaban J connectivity index is 3.21. The average Bonchev–Trinajstić information content (AvgIpc) is 2.30. The summed E-state index contributed by atoms with van der Waals surface area (Å²) in [5, 5.41) is 18.5. The van der Waals surface area contributed by atoms with Crippen molar-refractivity contribution < 1.29 is 14.6 Å². The molecule has 0 amide bonds. The predicted molar refractivity (Wildman–Crippen MR) is 56.4 cm³/mol. The molecule has 0 aromatic heterocycles. The summed E-state index contributed by atoms with van der Waals surface area (Å²) >= 11 is 0. The molecule has 0 aliphatic rings. The van der Waals surface area contributed by atoms with Gasteiger partial charge in [0.2, 0.25) is 0 Å². The van der Waals surface area contributed by atoms with E-state index in [1.165, 1.54) is 19.2 Å². The number of nitrogens with zero attached hydrogens (tertiary/aromatic N) is 1. The summed E-state index contributed by atoms with van der Waals surface area (Å²) in [7, 11) is 1.28. The molecule has 84 valence electrons. The van der Waals surface area contributed by atoms with Gasteiger partial charge in [-0.1, -0.05) is 6.07 Å². The molecule has 16 heavy (non-hydrogen) atoms. The second-order valence-corrected chi connectivity index (χ2v) is 3.17. The molecule has 0 saturated carbocycles. The molecule has 0 heterocycles. The van der Waals surface area contributed by atoms with Gasteiger partial charge in [-0.15, -0.1) is 0 Å². The molecule has 0 aliphatic heterocycles. The first kappa shape index (κ1) is 12.0. The molecular formula is C11H12N2O3. The summed E-state index contributed by atoms with van der Waals surface area (Å²) in [5.74, 6) is -0.474. The number of phenols is 1. The van der Waals surface area contributed by atoms with Crippen molar-refractivity contribution in [2.45, 2.75) is 13.0 Å². The van der Waals surface area contributed by atoms with Crippen LogP contribution in [0.5, 0.6) is 5.75 Å². The Morgan fingerprint density at radius 3 is 2.81 bits per heavy atom. The lowest BCUT2D eigenvalue weighted by Crippen LogP contribution is -2.09. The third-order valence-electron chi connectivity index (χ3n) is 2.25. The van der Waals surface area contributed by atoms with Crippen molar-refractivity contribution in [3.8, 4) is 11.8 Å². The Kier molecular flexibility index (Phi) is 3.86. The van der Waals surface area contributed by atoms with Crippen LogP contribution in [0.1, 0.15) is 16.7 Å². The minimum Gasteiger partial charge on any atom is -0.508 e. The van der Waals surface area contributed by atoms with Crippen molar-refractivity contribution in [2.24, 2.45) is 5.73 Å². The molecule has 1 aromatic carbocycles. The van der Waals surface area contributed by atoms with Crippen molar-refractivity contribution in [3.63, 3.8) is 0 Å². The van der Waals surface area contributed by atoms with Crippen molar-refractivity contribution in [1.29, 1.82) is 5.26 Å². The van der Waals surface area contributed by atoms with Crippen LogP contribution in [-0.4, -0.2) is 18.2 Å². The normalized spacial score (nSPS) is 9.56. The first-order chi connectivity index (χ1) is 7.63. The summed E-state index contributed by atoms with van der Waals surface area (Å²) in [6.07, 6.45) is -0.00727. The monoisotopic (exact) mass is 220 g/mol. The number of esters is 1. The van der Waals surface area contributed by atoms with E-state index in [4.69, 9.17) is 11.0 Å². The van der Waals surface area contributed by atoms with Gasteiger partial charge in [-0.25, -0.2) is 0 Å². The largest absolute Gasteiger partial charge is 0.508 e. The lowest BCUT2D eigenvalue weighted by Gasteiger charge is -2.08. The minimum atomic E-state index is -0.440. The van der Waals surface area contributed by atoms with E-state index in [-0.39, 0.29) is 24.3 Å². The maximum atomic E-state index is 11.1. The molecule has 0 fully saturated rings. The molecular weight excluding hydrogens is 208 g/mol. The Hall–Kier alpha value is -2.06. The maximum Gasteiger partial charge on any atom is 0.310 e. The van der Waals surface area contributed by atoms with Gasteiger partial charge in [0.1, 0.15) is 5.75 Å². The minimum absolute atomic E-state index is 0.00727. The lowest BCUT2D eigenvalue weighted by molar-refractivity contribution is -0.139. The van der Waals surface area contributed by atoms with E-state index < -0.39 is 5.97 Å². The van der Waals surface area contributed by atoms with Gasteiger partial charge in [-0.05, 0) is 11.6 Å². The standard InChI is InChI=1S/C11H12N2O3/c1-16-11(15)4-7-2-3-10(14)9(6-13)8(7)5-12/h2-3,14H,4,6,13H2,1H3. The molecule has 0 bridgehead atoms. The second-order valence-electron chi connectivity index (χ2n) is 3.17. The van der Waals surface area contributed by atoms with E-state index in [0.29, 0.717) is 11.1 Å². The van der Waals surface area contributed by atoms with Crippen LogP contribution in [0.4, 0.5) is 0 Å². The lowest BCUT2D eigenvalue weighted by atomic mass is 9.99. The van der Waals surface area contributed by atoms with Crippen LogP contribution >= 0.6 is 0 Å². The SMILES string of the molecule is COC(=O)Cc1ccc(O)c(CN)c1C#N. The van der Waals surface area contributed by atoms with E-state index in [2.05, 4.69) is 4.74 Å². The zero-order chi connectivity index (χ0) is 12.1. The third-order valence-corrected chi connectivity index (χ3v) is 2.25. The number of carbonyl (C=O) groups is 1. The van der Waals surface area contributed by atoms with Crippen LogP contribution in [-0.2, 0) is 22.5 Å². The van der Waals surface area contributed by atoms with E-state index in [1.54, 1.807) is 0 Å². The second kappa shape index (κ2) is 5.14. The number of hydrogen-bond acceptors (Lipinski definition) is 5. The van der Waals surface area contributed by atoms with Gasteiger partial charge in [0, 0.05) is 12.1 Å². The highest BCUT2D eigenvalue weighted by Gasteiger charge is 2.14. The fourth-order valence-electron chi connectivity index (χ4n) is 1.41. The van der Waals surface area contributed by atoms with Gasteiger partial charge >= 0.3 is 5.97 Å². The van der Waals surface area contributed by atoms with Crippen LogP contribution in [0.25, 0.3) is 0 Å². The number of phenolic OH excluding ortho intramolecular Hbond substituents is 1. The Bertz CT molecular complexity index is 449. The number of aromatic hydroxyl groups is 1. The van der Waals surface area contributed by atoms with Crippen LogP contribution in [0.3, 0.4) is 0 Å². The van der Waals surface area contributed by atoms with Gasteiger partial charge in [0.05, 0.1) is 25.2 Å². The predicted octanol–water partition coefficient (Wildman–Crippen LogP) is 0.438. The summed E-state index contributed by atoms with van der Waals surface area (Å²) in [6.45, 7) is 0.0454. The molecule has 0 radical (unpaired) electrons. The zero-order valence-corrected chi connectivity index (χ0v) is 8.86. The van der Waals surface area contributed by atoms with E-state index in [0.717, 1.165) is 0 Å². The number of nitriles is 1. The van der Waals surface area contributed by atoms with Crippen molar-refractivity contribution in [1.82, 2.24) is 0 Å². The average molecular weight is 220 g/mol. The summed E-state index contributed by atoms with van der Waals surface area (Å²) < 4.78 is 4.52. The Morgan fingerprint density at radius 2 is 2.31 bits per heavy atom. The third kappa shape index (κ3) is 2.30. The fraction of sp³-hybridized carbons (Fsp3) is 0.273. The number of methoxy groups -OCH3 is 1. The smallest absolute Gasteiger partial charge is 0.310 e. The number of hydrogen-bond donors (Lipinski definition) is 2. The maximum absolute atomic E-state index is 11.1. The quantitative estimate of drug-likeness (QED) is 0.720. The van der Waals surface area contributed by atoms with E-state index in [9.17, 15) is 9.90 Å². The van der Waals surface area contributed by atoms with Gasteiger partial charge in [0.15, 0.2) is 0 Å². The summed E-state index contributed by atoms with van der Waals surface area (Å²) in [5.41, 5.74) is 6.53. The van der Waals surface area contributed by atoms with Gasteiger partial charge in [0.25, 0.3) is 0 Å². The van der Waals surface area contributed by atoms with Gasteiger partial charge < -0.3 is 15.6 Å². The highest BCUT2D eigenvalue weighted by atomic mass is 16.5. The topological polar surface area (TPSA) is 96.3 Å². The molecule has 0 atom stereocenters. The van der Waals surface area contributed by atoms with E-state index >= 15 is 0 Å². The first-order valence-electron chi connectivity index (χ1n) is 4.64. The molecule has 5 heteroatoms. The van der Waals surface area contributed by atoms with Crippen LogP contribution in [0.2, 0.25) is 0 Å². The first-order valence-corrected chi connectivity index (χ1v) is 4.64. The molecule has 0 aliphatic carbocycles. The molecule has 1 aromatic rings. The van der Waals surface area contributed by atoms with Crippen LogP contribution in [0.15, 0.2) is 12.1 Å². The number of rotatable bonds is 3. The Labute approximate surface area is 93.1 Å². The molecule has 5 nitrogen and oxygen atoms in total. The van der Waals surface area contributed by atoms with Crippen LogP contribution < -0.4 is 5.73 Å². The van der Waals surface area contributed by atoms with Crippen molar-refractivity contribution in [3.05, 3.63) is 28.8 Å². The number of carbonyl (C=O) groups excluding carboxylic acids is 1. The number of ether oxygens (including phenoxy) is 1. The number of nitrogens with two attached hydrogens (primary N) is 1. The molecule has 1 rings (SSSR count). The molecule has 0 unspecified atom stereocenters. The van der Waals surface area contributed by atoms with Gasteiger partial charge in [-0.2, -0.15) is 5.26 Å². The highest BCUT2D eigenvalue weighted by molar-refractivity contribution is 5.74. The summed E-state index contributed by atoms with van der Waals surface area (Å²) in [4.78, 5) is 11.1.